The lowest BCUT2D eigenvalue weighted by Crippen LogP contribution is -2.04. The van der Waals surface area contributed by atoms with Crippen molar-refractivity contribution in [2.45, 2.75) is 11.5 Å². The van der Waals surface area contributed by atoms with Gasteiger partial charge in [-0.15, -0.1) is 0 Å². The first-order valence-electron chi connectivity index (χ1n) is 5.89. The maximum atomic E-state index is 12.8. The summed E-state index contributed by atoms with van der Waals surface area (Å²) in [4.78, 5) is 10.7. The Morgan fingerprint density at radius 1 is 1.48 bits per heavy atom. The molecular formula is C13H12F2N2O3S. The van der Waals surface area contributed by atoms with Crippen LogP contribution in [0.5, 0.6) is 5.75 Å². The molecule has 0 amide bonds. The molecule has 0 aliphatic heterocycles. The number of ether oxygens (including phenoxy) is 1. The average Bonchev–Trinajstić information content (AvgIpc) is 2.89. The zero-order valence-corrected chi connectivity index (χ0v) is 11.8. The minimum atomic E-state index is -2.73. The first-order chi connectivity index (χ1) is 10.0. The molecule has 0 saturated carbocycles. The molecule has 1 heterocycles. The molecule has 5 nitrogen and oxygen atoms in total. The van der Waals surface area contributed by atoms with E-state index in [2.05, 4.69) is 5.10 Å². The Kier molecular flexibility index (Phi) is 4.79. The summed E-state index contributed by atoms with van der Waals surface area (Å²) in [5.74, 6) is -0.825. The second kappa shape index (κ2) is 6.57. The Morgan fingerprint density at radius 2 is 2.19 bits per heavy atom. The van der Waals surface area contributed by atoms with Crippen LogP contribution in [-0.4, -0.2) is 33.7 Å². The van der Waals surface area contributed by atoms with E-state index in [0.29, 0.717) is 16.5 Å². The van der Waals surface area contributed by atoms with E-state index in [1.54, 1.807) is 24.3 Å². The number of carbonyl (C=O) groups is 1. The van der Waals surface area contributed by atoms with Crippen molar-refractivity contribution in [3.05, 3.63) is 36.0 Å². The van der Waals surface area contributed by atoms with Crippen molar-refractivity contribution in [1.29, 1.82) is 0 Å². The van der Waals surface area contributed by atoms with Gasteiger partial charge in [-0.1, -0.05) is 23.9 Å². The maximum Gasteiger partial charge on any atom is 0.313 e. The Hall–Kier alpha value is -2.09. The van der Waals surface area contributed by atoms with Gasteiger partial charge in [0.2, 0.25) is 0 Å². The van der Waals surface area contributed by atoms with Gasteiger partial charge in [-0.3, -0.25) is 4.79 Å². The van der Waals surface area contributed by atoms with Crippen molar-refractivity contribution >= 4 is 17.7 Å². The van der Waals surface area contributed by atoms with Crippen LogP contribution < -0.4 is 4.74 Å². The van der Waals surface area contributed by atoms with Gasteiger partial charge in [0.15, 0.2) is 0 Å². The largest absolute Gasteiger partial charge is 0.494 e. The summed E-state index contributed by atoms with van der Waals surface area (Å²) in [5.41, 5.74) is 0.0635. The van der Waals surface area contributed by atoms with E-state index in [-0.39, 0.29) is 5.75 Å². The number of aromatic nitrogens is 2. The molecule has 1 N–H and O–H groups in total. The van der Waals surface area contributed by atoms with Gasteiger partial charge >= 0.3 is 5.97 Å². The lowest BCUT2D eigenvalue weighted by molar-refractivity contribution is -0.133. The molecule has 0 radical (unpaired) electrons. The van der Waals surface area contributed by atoms with Gasteiger partial charge in [0.25, 0.3) is 6.43 Å². The molecule has 2 aromatic rings. The predicted molar refractivity (Wildman–Crippen MR) is 73.4 cm³/mol. The van der Waals surface area contributed by atoms with Crippen molar-refractivity contribution in [3.8, 4) is 11.4 Å². The molecule has 0 spiro atoms. The summed E-state index contributed by atoms with van der Waals surface area (Å²) in [6, 6.07) is 7.97. The van der Waals surface area contributed by atoms with E-state index in [9.17, 15) is 13.6 Å². The molecule has 0 bridgehead atoms. The maximum absolute atomic E-state index is 12.8. The summed E-state index contributed by atoms with van der Waals surface area (Å²) >= 11 is 0.919. The number of thioether (sulfide) groups is 1. The highest BCUT2D eigenvalue weighted by molar-refractivity contribution is 7.99. The number of rotatable bonds is 6. The van der Waals surface area contributed by atoms with Crippen LogP contribution in [0.3, 0.4) is 0 Å². The van der Waals surface area contributed by atoms with Crippen molar-refractivity contribution in [1.82, 2.24) is 9.78 Å². The fourth-order valence-corrected chi connectivity index (χ4v) is 2.44. The molecule has 1 aromatic heterocycles. The van der Waals surface area contributed by atoms with Crippen molar-refractivity contribution < 1.29 is 23.4 Å². The minimum Gasteiger partial charge on any atom is -0.494 e. The minimum absolute atomic E-state index is 0.247. The summed E-state index contributed by atoms with van der Waals surface area (Å²) in [6.45, 7) is 0. The molecular weight excluding hydrogens is 302 g/mol. The second-order valence-corrected chi connectivity index (χ2v) is 4.97. The number of benzene rings is 1. The van der Waals surface area contributed by atoms with E-state index in [1.807, 2.05) is 0 Å². The molecule has 2 rings (SSSR count). The van der Waals surface area contributed by atoms with Gasteiger partial charge in [-0.25, -0.2) is 13.5 Å². The van der Waals surface area contributed by atoms with Gasteiger partial charge in [-0.2, -0.15) is 5.10 Å². The molecule has 8 heteroatoms. The van der Waals surface area contributed by atoms with E-state index >= 15 is 0 Å². The molecule has 112 valence electrons. The quantitative estimate of drug-likeness (QED) is 0.830. The monoisotopic (exact) mass is 314 g/mol. The summed E-state index contributed by atoms with van der Waals surface area (Å²) < 4.78 is 32.1. The highest BCUT2D eigenvalue weighted by Crippen LogP contribution is 2.31. The van der Waals surface area contributed by atoms with Gasteiger partial charge < -0.3 is 9.84 Å². The molecule has 0 aliphatic rings. The number of hydrogen-bond acceptors (Lipinski definition) is 4. The molecule has 0 unspecified atom stereocenters. The fraction of sp³-hybridized carbons (Fsp3) is 0.231. The molecule has 21 heavy (non-hydrogen) atoms. The normalized spacial score (nSPS) is 10.9. The topological polar surface area (TPSA) is 64.4 Å². The zero-order valence-electron chi connectivity index (χ0n) is 11.0. The number of carboxylic acid groups (broad SMARTS) is 1. The van der Waals surface area contributed by atoms with Gasteiger partial charge in [0.1, 0.15) is 22.2 Å². The Labute approximate surface area is 123 Å². The lowest BCUT2D eigenvalue weighted by atomic mass is 10.3. The third-order valence-electron chi connectivity index (χ3n) is 2.58. The first kappa shape index (κ1) is 15.3. The number of aliphatic carboxylic acids is 1. The average molecular weight is 314 g/mol. The number of carboxylic acids is 1. The van der Waals surface area contributed by atoms with Crippen molar-refractivity contribution in [2.75, 3.05) is 12.9 Å². The number of para-hydroxylation sites is 2. The van der Waals surface area contributed by atoms with Crippen LogP contribution in [0.15, 0.2) is 35.4 Å². The van der Waals surface area contributed by atoms with Crippen LogP contribution in [0.2, 0.25) is 0 Å². The number of hydrogen-bond donors (Lipinski definition) is 1. The van der Waals surface area contributed by atoms with Crippen LogP contribution >= 0.6 is 11.8 Å². The summed E-state index contributed by atoms with van der Waals surface area (Å²) in [5, 5.41) is 12.9. The Bertz CT molecular complexity index is 646. The predicted octanol–water partition coefficient (Wildman–Crippen LogP) is 3.00. The van der Waals surface area contributed by atoms with Crippen LogP contribution in [0.25, 0.3) is 5.69 Å². The Balaban J connectivity index is 2.47. The molecule has 0 saturated heterocycles. The SMILES string of the molecule is COc1ccccc1-n1nc(C(F)F)cc1SCC(=O)O. The summed E-state index contributed by atoms with van der Waals surface area (Å²) in [6.07, 6.45) is -2.73. The first-order valence-corrected chi connectivity index (χ1v) is 6.87. The van der Waals surface area contributed by atoms with E-state index in [1.165, 1.54) is 17.9 Å². The van der Waals surface area contributed by atoms with Gasteiger partial charge in [0, 0.05) is 0 Å². The van der Waals surface area contributed by atoms with Crippen LogP contribution in [-0.2, 0) is 4.79 Å². The zero-order chi connectivity index (χ0) is 15.4. The van der Waals surface area contributed by atoms with E-state index in [4.69, 9.17) is 9.84 Å². The standard InChI is InChI=1S/C13H12F2N2O3S/c1-20-10-5-3-2-4-9(10)17-11(21-7-12(18)19)6-8(16-17)13(14)15/h2-6,13H,7H2,1H3,(H,18,19). The number of methoxy groups -OCH3 is 1. The molecule has 0 aliphatic carbocycles. The highest BCUT2D eigenvalue weighted by atomic mass is 32.2. The smallest absolute Gasteiger partial charge is 0.313 e. The molecule has 0 fully saturated rings. The number of alkyl halides is 2. The second-order valence-electron chi connectivity index (χ2n) is 3.97. The van der Waals surface area contributed by atoms with E-state index in [0.717, 1.165) is 11.8 Å². The number of nitrogens with zero attached hydrogens (tertiary/aromatic N) is 2. The van der Waals surface area contributed by atoms with Gasteiger partial charge in [0.05, 0.1) is 12.9 Å². The van der Waals surface area contributed by atoms with Gasteiger partial charge in [-0.05, 0) is 18.2 Å². The third-order valence-corrected chi connectivity index (χ3v) is 3.55. The van der Waals surface area contributed by atoms with Crippen LogP contribution in [0.1, 0.15) is 12.1 Å². The van der Waals surface area contributed by atoms with E-state index < -0.39 is 18.1 Å². The lowest BCUT2D eigenvalue weighted by Gasteiger charge is -2.10. The number of halogens is 2. The fourth-order valence-electron chi connectivity index (χ4n) is 1.70. The highest BCUT2D eigenvalue weighted by Gasteiger charge is 2.19. The van der Waals surface area contributed by atoms with Crippen molar-refractivity contribution in [2.24, 2.45) is 0 Å². The molecule has 0 atom stereocenters. The van der Waals surface area contributed by atoms with Crippen LogP contribution in [0, 0.1) is 0 Å². The summed E-state index contributed by atoms with van der Waals surface area (Å²) in [7, 11) is 1.46. The van der Waals surface area contributed by atoms with Crippen LogP contribution in [0.4, 0.5) is 8.78 Å². The Morgan fingerprint density at radius 3 is 2.81 bits per heavy atom. The van der Waals surface area contributed by atoms with Crippen molar-refractivity contribution in [3.63, 3.8) is 0 Å². The molecule has 1 aromatic carbocycles. The third kappa shape index (κ3) is 3.52.